The second-order valence-corrected chi connectivity index (χ2v) is 46.7. The standard InChI is InChI=1S/C33H49NO5Si.C29H41NO5Si.C19H31NO4Si/c1-23(2)40(24(3)4,25(5)6)39-32(37)34-29(21-27-18-14-11-15-19-27)30(35)22-28(31(36)38-33(7,8)9)20-26-16-12-10-13-17-26;1-20(2)36(21(3)4,22(5)6)35-29(34)30-26(18-24-15-11-8-12-16-24)27(31)19-25(28(32)33)17-23-13-9-7-10-14-23;1-13(2)25(14(3)4,15(5)6)24-19(23)20-17(18(21)22)12-16-10-8-7-9-11-16/h10-19,23-25,28-29H,20-22H2,1-9H3,(H,34,37);7-16,20-22,25-26H,17-19H2,1-6H3,(H,30,34)(H,32,33);7-11,13-15,17H,12H2,1-6H3,(H,20,23)(H,21,22)/t28-,29+;25-,26+;17-/m110/s1. The van der Waals surface area contributed by atoms with E-state index in [-0.39, 0.29) is 93.5 Å². The molecule has 0 saturated carbocycles. The first-order valence-corrected chi connectivity index (χ1v) is 42.6. The molecule has 0 fully saturated rings. The minimum Gasteiger partial charge on any atom is -0.503 e. The van der Waals surface area contributed by atoms with E-state index in [1.165, 1.54) is 0 Å². The molecule has 5 rings (SSSR count). The van der Waals surface area contributed by atoms with Gasteiger partial charge in [0.2, 0.25) is 0 Å². The summed E-state index contributed by atoms with van der Waals surface area (Å²) in [5.41, 5.74) is 5.75. The van der Waals surface area contributed by atoms with Crippen LogP contribution in [0.2, 0.25) is 49.9 Å². The van der Waals surface area contributed by atoms with Gasteiger partial charge in [-0.3, -0.25) is 19.2 Å². The lowest BCUT2D eigenvalue weighted by Crippen LogP contribution is -2.53. The molecule has 5 atom stereocenters. The zero-order valence-electron chi connectivity index (χ0n) is 64.3. The van der Waals surface area contributed by atoms with Crippen molar-refractivity contribution in [3.8, 4) is 0 Å². The van der Waals surface area contributed by atoms with Crippen molar-refractivity contribution in [1.82, 2.24) is 16.0 Å². The topological polar surface area (TPSA) is 250 Å². The molecule has 5 aromatic carbocycles. The van der Waals surface area contributed by atoms with Crippen LogP contribution in [0.5, 0.6) is 0 Å². The normalized spacial score (nSPS) is 13.5. The monoisotopic (exact) mass is 1440 g/mol. The molecule has 0 aliphatic rings. The average molecular weight is 1450 g/mol. The molecule has 20 heteroatoms. The van der Waals surface area contributed by atoms with E-state index >= 15 is 0 Å². The second kappa shape index (κ2) is 41.4. The number of carboxylic acid groups (broad SMARTS) is 2. The van der Waals surface area contributed by atoms with Gasteiger partial charge in [0, 0.05) is 19.3 Å². The van der Waals surface area contributed by atoms with Gasteiger partial charge in [0.15, 0.2) is 11.6 Å². The number of ether oxygens (including phenoxy) is 1. The Hall–Kier alpha value is -7.69. The van der Waals surface area contributed by atoms with Crippen LogP contribution in [-0.4, -0.2) is 107 Å². The van der Waals surface area contributed by atoms with Crippen molar-refractivity contribution in [2.45, 2.75) is 264 Å². The number of carbonyl (C=O) groups excluding carboxylic acids is 6. The molecule has 3 amide bonds. The van der Waals surface area contributed by atoms with Crippen molar-refractivity contribution in [3.63, 3.8) is 0 Å². The molecule has 0 bridgehead atoms. The lowest BCUT2D eigenvalue weighted by Gasteiger charge is -2.41. The third kappa shape index (κ3) is 27.2. The zero-order valence-corrected chi connectivity index (χ0v) is 67.3. The molecule has 0 aromatic heterocycles. The molecule has 0 radical (unpaired) electrons. The fourth-order valence-corrected chi connectivity index (χ4v) is 30.0. The minimum atomic E-state index is -2.51. The number of esters is 1. The highest BCUT2D eigenvalue weighted by Gasteiger charge is 2.51. The molecule has 5 N–H and O–H groups in total. The molecule has 556 valence electrons. The predicted octanol–water partition coefficient (Wildman–Crippen LogP) is 18.6. The third-order valence-corrected chi connectivity index (χ3v) is 37.2. The quantitative estimate of drug-likeness (QED) is 0.0190. The summed E-state index contributed by atoms with van der Waals surface area (Å²) in [5.74, 6) is -4.61. The van der Waals surface area contributed by atoms with Crippen molar-refractivity contribution in [2.75, 3.05) is 0 Å². The van der Waals surface area contributed by atoms with Gasteiger partial charge in [0.05, 0.1) is 23.9 Å². The summed E-state index contributed by atoms with van der Waals surface area (Å²) in [6.07, 6.45) is -0.589. The number of carbonyl (C=O) groups is 8. The van der Waals surface area contributed by atoms with Gasteiger partial charge in [-0.05, 0) is 124 Å². The molecule has 101 heavy (non-hydrogen) atoms. The lowest BCUT2D eigenvalue weighted by atomic mass is 9.90. The van der Waals surface area contributed by atoms with Gasteiger partial charge in [-0.1, -0.05) is 276 Å². The van der Waals surface area contributed by atoms with E-state index < -0.39 is 96.7 Å². The van der Waals surface area contributed by atoms with E-state index in [1.807, 2.05) is 172 Å². The molecule has 0 heterocycles. The van der Waals surface area contributed by atoms with E-state index in [1.54, 1.807) is 0 Å². The van der Waals surface area contributed by atoms with Crippen molar-refractivity contribution in [1.29, 1.82) is 0 Å². The summed E-state index contributed by atoms with van der Waals surface area (Å²) < 4.78 is 24.2. The average Bonchev–Trinajstić information content (AvgIpc) is 0.810. The maximum Gasteiger partial charge on any atom is 0.394 e. The Bertz CT molecular complexity index is 3280. The van der Waals surface area contributed by atoms with Gasteiger partial charge in [-0.15, -0.1) is 0 Å². The zero-order chi connectivity index (χ0) is 76.2. The fourth-order valence-electron chi connectivity index (χ4n) is 14.7. The number of aliphatic carboxylic acids is 2. The number of hydrogen-bond acceptors (Lipinski definition) is 12. The van der Waals surface area contributed by atoms with Gasteiger partial charge < -0.3 is 44.2 Å². The second-order valence-electron chi connectivity index (χ2n) is 30.6. The number of benzene rings is 5. The molecule has 0 unspecified atom stereocenters. The van der Waals surface area contributed by atoms with E-state index in [0.29, 0.717) is 12.8 Å². The van der Waals surface area contributed by atoms with Gasteiger partial charge in [0.25, 0.3) is 25.0 Å². The highest BCUT2D eigenvalue weighted by molar-refractivity contribution is 6.80. The summed E-state index contributed by atoms with van der Waals surface area (Å²) in [6.45, 7) is 43.2. The summed E-state index contributed by atoms with van der Waals surface area (Å²) in [6, 6.07) is 44.4. The van der Waals surface area contributed by atoms with Gasteiger partial charge >= 0.3 is 36.2 Å². The third-order valence-electron chi connectivity index (χ3n) is 19.4. The van der Waals surface area contributed by atoms with Crippen molar-refractivity contribution >= 4 is 72.7 Å². The van der Waals surface area contributed by atoms with Gasteiger partial charge in [0.1, 0.15) is 11.6 Å². The number of carboxylic acids is 2. The largest absolute Gasteiger partial charge is 0.503 e. The maximum absolute atomic E-state index is 13.9. The molecule has 17 nitrogen and oxygen atoms in total. The molecule has 0 saturated heterocycles. The minimum absolute atomic E-state index is 0.0529. The Kier molecular flexibility index (Phi) is 35.9. The van der Waals surface area contributed by atoms with Crippen molar-refractivity contribution < 1.29 is 66.6 Å². The molecular formula is C81H121N3O14Si3. The first-order valence-electron chi connectivity index (χ1n) is 36.1. The van der Waals surface area contributed by atoms with Gasteiger partial charge in [-0.2, -0.15) is 0 Å². The lowest BCUT2D eigenvalue weighted by molar-refractivity contribution is -0.161. The van der Waals surface area contributed by atoms with Crippen molar-refractivity contribution in [2.24, 2.45) is 11.8 Å². The van der Waals surface area contributed by atoms with E-state index in [9.17, 15) is 48.6 Å². The molecule has 0 aliphatic carbocycles. The SMILES string of the molecule is CC(C)[Si](OC(=O)N[C@@H](Cc1ccccc1)C(=O)C[C@@H](Cc1ccccc1)C(=O)O)(C(C)C)C(C)C.CC(C)[Si](OC(=O)N[C@@H](Cc1ccccc1)C(=O)C[C@@H](Cc1ccccc1)C(=O)OC(C)(C)C)(C(C)C)C(C)C.CC(C)[Si](OC(=O)N[C@@H](Cc1ccccc1)C(=O)O)(C(C)C)C(C)C. The van der Waals surface area contributed by atoms with E-state index in [0.717, 1.165) is 27.8 Å². The van der Waals surface area contributed by atoms with Crippen LogP contribution < -0.4 is 16.0 Å². The molecule has 0 spiro atoms. The Balaban J connectivity index is 0.000000404. The smallest absolute Gasteiger partial charge is 0.394 e. The first kappa shape index (κ1) is 87.5. The highest BCUT2D eigenvalue weighted by Crippen LogP contribution is 2.45. The van der Waals surface area contributed by atoms with Gasteiger partial charge in [-0.25, -0.2) is 19.2 Å². The van der Waals surface area contributed by atoms with Crippen LogP contribution in [0.1, 0.15) is 186 Å². The Labute approximate surface area is 607 Å². The van der Waals surface area contributed by atoms with Crippen LogP contribution in [0.3, 0.4) is 0 Å². The number of amides is 3. The number of Topliss-reactive ketones (excluding diaryl/α,β-unsaturated/α-hetero) is 2. The van der Waals surface area contributed by atoms with E-state index in [2.05, 4.69) is 141 Å². The van der Waals surface area contributed by atoms with Crippen LogP contribution in [0.4, 0.5) is 14.4 Å². The maximum atomic E-state index is 13.9. The summed E-state index contributed by atoms with van der Waals surface area (Å²) in [5, 5.41) is 27.6. The summed E-state index contributed by atoms with van der Waals surface area (Å²) in [4.78, 5) is 103. The summed E-state index contributed by atoms with van der Waals surface area (Å²) >= 11 is 0. The Morgan fingerprint density at radius 1 is 0.327 bits per heavy atom. The Morgan fingerprint density at radius 2 is 0.545 bits per heavy atom. The number of nitrogens with one attached hydrogen (secondary N) is 3. The van der Waals surface area contributed by atoms with Crippen LogP contribution in [0.15, 0.2) is 152 Å². The van der Waals surface area contributed by atoms with E-state index in [4.69, 9.17) is 18.0 Å². The van der Waals surface area contributed by atoms with Crippen LogP contribution >= 0.6 is 0 Å². The molecular weight excluding hydrogens is 1320 g/mol. The van der Waals surface area contributed by atoms with Crippen LogP contribution in [0, 0.1) is 11.8 Å². The number of hydrogen-bond donors (Lipinski definition) is 5. The highest BCUT2D eigenvalue weighted by atomic mass is 28.4. The number of ketones is 2. The molecule has 5 aromatic rings. The summed E-state index contributed by atoms with van der Waals surface area (Å²) in [7, 11) is -7.40. The Morgan fingerprint density at radius 3 is 0.772 bits per heavy atom. The molecule has 0 aliphatic heterocycles. The first-order chi connectivity index (χ1) is 47.2. The van der Waals surface area contributed by atoms with Crippen LogP contribution in [-0.2, 0) is 74.1 Å². The predicted molar refractivity (Wildman–Crippen MR) is 411 cm³/mol. The fraction of sp³-hybridized carbons (Fsp3) is 0.531. The van der Waals surface area contributed by atoms with Crippen molar-refractivity contribution in [3.05, 3.63) is 179 Å². The number of rotatable bonds is 34. The van der Waals surface area contributed by atoms with Crippen LogP contribution in [0.25, 0.3) is 0 Å².